The van der Waals surface area contributed by atoms with Crippen LogP contribution >= 0.6 is 0 Å². The maximum Gasteiger partial charge on any atom is 0.177 e. The summed E-state index contributed by atoms with van der Waals surface area (Å²) in [6.07, 6.45) is 7.28. The molecule has 29 heavy (non-hydrogen) atoms. The lowest BCUT2D eigenvalue weighted by Crippen LogP contribution is -2.47. The van der Waals surface area contributed by atoms with E-state index in [0.29, 0.717) is 5.92 Å². The van der Waals surface area contributed by atoms with Crippen LogP contribution in [-0.2, 0) is 9.84 Å². The summed E-state index contributed by atoms with van der Waals surface area (Å²) in [5.41, 5.74) is 0.980. The van der Waals surface area contributed by atoms with Gasteiger partial charge in [-0.2, -0.15) is 0 Å². The highest BCUT2D eigenvalue weighted by Gasteiger charge is 2.47. The molecule has 2 atom stereocenters. The lowest BCUT2D eigenvalue weighted by Gasteiger charge is -2.42. The van der Waals surface area contributed by atoms with Gasteiger partial charge in [-0.05, 0) is 30.5 Å². The van der Waals surface area contributed by atoms with E-state index in [1.165, 1.54) is 12.5 Å². The number of piperidine rings is 1. The second-order valence-corrected chi connectivity index (χ2v) is 10.5. The molecule has 0 bridgehead atoms. The molecule has 0 unspecified atom stereocenters. The summed E-state index contributed by atoms with van der Waals surface area (Å²) >= 11 is 0. The predicted octanol–water partition coefficient (Wildman–Crippen LogP) is 2.11. The zero-order chi connectivity index (χ0) is 20.2. The van der Waals surface area contributed by atoms with Crippen molar-refractivity contribution in [1.29, 1.82) is 0 Å². The fraction of sp³-hybridized carbons (Fsp3) is 0.450. The molecule has 9 heteroatoms. The smallest absolute Gasteiger partial charge is 0.177 e. The van der Waals surface area contributed by atoms with Crippen molar-refractivity contribution in [1.82, 2.24) is 19.9 Å². The summed E-state index contributed by atoms with van der Waals surface area (Å²) in [6.45, 7) is 6.06. The molecule has 3 aromatic rings. The Hall–Kier alpha value is -2.68. The minimum Gasteiger partial charge on any atom is -0.356 e. The number of hydrogen-bond acceptors (Lipinski definition) is 7. The first-order valence-electron chi connectivity index (χ1n) is 9.78. The highest BCUT2D eigenvalue weighted by atomic mass is 32.2. The van der Waals surface area contributed by atoms with Gasteiger partial charge >= 0.3 is 0 Å². The Bertz CT molecular complexity index is 1160. The van der Waals surface area contributed by atoms with Crippen molar-refractivity contribution in [3.63, 3.8) is 0 Å². The largest absolute Gasteiger partial charge is 0.356 e. The molecule has 0 saturated carbocycles. The molecule has 0 amide bonds. The van der Waals surface area contributed by atoms with Gasteiger partial charge in [-0.3, -0.25) is 0 Å². The summed E-state index contributed by atoms with van der Waals surface area (Å²) in [7, 11) is -3.23. The molecule has 0 radical (unpaired) electrons. The Morgan fingerprint density at radius 1 is 1.14 bits per heavy atom. The monoisotopic (exact) mass is 412 g/mol. The molecule has 5 heterocycles. The predicted molar refractivity (Wildman–Crippen MR) is 112 cm³/mol. The van der Waals surface area contributed by atoms with Crippen molar-refractivity contribution in [3.05, 3.63) is 36.9 Å². The summed E-state index contributed by atoms with van der Waals surface area (Å²) in [6, 6.07) is 5.51. The Balaban J connectivity index is 1.38. The van der Waals surface area contributed by atoms with Crippen molar-refractivity contribution < 1.29 is 8.42 Å². The summed E-state index contributed by atoms with van der Waals surface area (Å²) < 4.78 is 23.4. The number of aromatic nitrogens is 4. The van der Waals surface area contributed by atoms with E-state index in [2.05, 4.69) is 36.7 Å². The number of sulfone groups is 1. The lowest BCUT2D eigenvalue weighted by atomic mass is 9.75. The SMILES string of the molecule is C[C@@]12CN(c3ccc(S(C)(=O)=O)cn3)C[C@H]1CCN(c1ncnc3[nH]ccc13)C2. The molecular formula is C20H24N6O2S. The van der Waals surface area contributed by atoms with E-state index >= 15 is 0 Å². The number of rotatable bonds is 3. The lowest BCUT2D eigenvalue weighted by molar-refractivity contribution is 0.216. The second kappa shape index (κ2) is 6.41. The summed E-state index contributed by atoms with van der Waals surface area (Å²) in [5.74, 6) is 2.40. The van der Waals surface area contributed by atoms with Crippen LogP contribution in [0.25, 0.3) is 11.0 Å². The highest BCUT2D eigenvalue weighted by Crippen LogP contribution is 2.44. The van der Waals surface area contributed by atoms with Gasteiger partial charge in [0.2, 0.25) is 0 Å². The molecule has 152 valence electrons. The van der Waals surface area contributed by atoms with Crippen LogP contribution in [0.2, 0.25) is 0 Å². The fourth-order valence-corrected chi connectivity index (χ4v) is 5.37. The van der Waals surface area contributed by atoms with E-state index in [1.54, 1.807) is 12.4 Å². The van der Waals surface area contributed by atoms with Crippen molar-refractivity contribution >= 4 is 32.5 Å². The summed E-state index contributed by atoms with van der Waals surface area (Å²) in [5, 5.41) is 1.06. The third kappa shape index (κ3) is 3.13. The normalized spacial score (nSPS) is 24.8. The van der Waals surface area contributed by atoms with Crippen molar-refractivity contribution in [2.24, 2.45) is 11.3 Å². The van der Waals surface area contributed by atoms with Crippen molar-refractivity contribution in [2.75, 3.05) is 42.2 Å². The molecule has 1 N–H and O–H groups in total. The molecule has 2 fully saturated rings. The van der Waals surface area contributed by atoms with Crippen LogP contribution in [-0.4, -0.2) is 60.8 Å². The number of nitrogens with zero attached hydrogens (tertiary/aromatic N) is 5. The summed E-state index contributed by atoms with van der Waals surface area (Å²) in [4.78, 5) is 21.4. The molecule has 0 spiro atoms. The maximum atomic E-state index is 11.7. The quantitative estimate of drug-likeness (QED) is 0.704. The Labute approximate surface area is 169 Å². The van der Waals surface area contributed by atoms with E-state index in [4.69, 9.17) is 0 Å². The van der Waals surface area contributed by atoms with Gasteiger partial charge in [0.25, 0.3) is 0 Å². The first kappa shape index (κ1) is 18.4. The van der Waals surface area contributed by atoms with E-state index in [-0.39, 0.29) is 10.3 Å². The molecule has 0 aromatic carbocycles. The third-order valence-electron chi connectivity index (χ3n) is 6.38. The van der Waals surface area contributed by atoms with E-state index in [1.807, 2.05) is 18.3 Å². The van der Waals surface area contributed by atoms with Crippen LogP contribution in [0, 0.1) is 11.3 Å². The van der Waals surface area contributed by atoms with Gasteiger partial charge in [0.05, 0.1) is 10.3 Å². The van der Waals surface area contributed by atoms with Crippen LogP contribution in [0.15, 0.2) is 41.8 Å². The molecule has 2 aliphatic rings. The zero-order valence-electron chi connectivity index (χ0n) is 16.5. The van der Waals surface area contributed by atoms with Gasteiger partial charge in [-0.1, -0.05) is 6.92 Å². The van der Waals surface area contributed by atoms with E-state index in [9.17, 15) is 8.42 Å². The average molecular weight is 413 g/mol. The van der Waals surface area contributed by atoms with Gasteiger partial charge in [0.15, 0.2) is 9.84 Å². The van der Waals surface area contributed by atoms with E-state index < -0.39 is 9.84 Å². The van der Waals surface area contributed by atoms with Gasteiger partial charge in [-0.15, -0.1) is 0 Å². The third-order valence-corrected chi connectivity index (χ3v) is 7.48. The number of H-pyrrole nitrogens is 1. The minimum absolute atomic E-state index is 0.114. The number of pyridine rings is 1. The molecule has 0 aliphatic carbocycles. The van der Waals surface area contributed by atoms with Crippen LogP contribution in [0.1, 0.15) is 13.3 Å². The Morgan fingerprint density at radius 3 is 2.72 bits per heavy atom. The Kier molecular flexibility index (Phi) is 4.06. The molecule has 3 aromatic heterocycles. The molecular weight excluding hydrogens is 388 g/mol. The number of anilines is 2. The first-order chi connectivity index (χ1) is 13.8. The van der Waals surface area contributed by atoms with Gasteiger partial charge in [-0.25, -0.2) is 23.4 Å². The minimum atomic E-state index is -3.23. The van der Waals surface area contributed by atoms with Gasteiger partial charge < -0.3 is 14.8 Å². The number of fused-ring (bicyclic) bond motifs is 2. The number of nitrogens with one attached hydrogen (secondary N) is 1. The molecule has 2 saturated heterocycles. The molecule has 8 nitrogen and oxygen atoms in total. The number of hydrogen-bond donors (Lipinski definition) is 1. The zero-order valence-corrected chi connectivity index (χ0v) is 17.4. The Morgan fingerprint density at radius 2 is 1.97 bits per heavy atom. The topological polar surface area (TPSA) is 95.1 Å². The fourth-order valence-electron chi connectivity index (χ4n) is 4.81. The van der Waals surface area contributed by atoms with Crippen LogP contribution in [0.4, 0.5) is 11.6 Å². The van der Waals surface area contributed by atoms with Crippen molar-refractivity contribution in [2.45, 2.75) is 18.2 Å². The van der Waals surface area contributed by atoms with Crippen LogP contribution in [0.5, 0.6) is 0 Å². The molecule has 2 aliphatic heterocycles. The van der Waals surface area contributed by atoms with Crippen molar-refractivity contribution in [3.8, 4) is 0 Å². The highest BCUT2D eigenvalue weighted by molar-refractivity contribution is 7.90. The van der Waals surface area contributed by atoms with Gasteiger partial charge in [0.1, 0.15) is 23.6 Å². The molecule has 5 rings (SSSR count). The number of aromatic amines is 1. The average Bonchev–Trinajstić information content (AvgIpc) is 3.30. The second-order valence-electron chi connectivity index (χ2n) is 8.50. The van der Waals surface area contributed by atoms with Crippen LogP contribution < -0.4 is 9.80 Å². The standard InChI is InChI=1S/C20H24N6O2S/c1-20-11-25(19-16-5-7-21-18(16)23-13-24-19)8-6-14(20)10-26(12-20)17-4-3-15(9-22-17)29(2,27)28/h3-5,7,9,13-14H,6,8,10-12H2,1-2H3,(H,21,23,24)/t14-,20-/m1/s1. The first-order valence-corrected chi connectivity index (χ1v) is 11.7. The van der Waals surface area contributed by atoms with Crippen LogP contribution in [0.3, 0.4) is 0 Å². The van der Waals surface area contributed by atoms with Gasteiger partial charge in [0, 0.05) is 50.2 Å². The van der Waals surface area contributed by atoms with E-state index in [0.717, 1.165) is 55.3 Å². The maximum absolute atomic E-state index is 11.7.